The first-order chi connectivity index (χ1) is 24.2. The molecule has 0 aromatic heterocycles. The van der Waals surface area contributed by atoms with E-state index in [1.54, 1.807) is 27.7 Å². The van der Waals surface area contributed by atoms with E-state index in [0.29, 0.717) is 25.9 Å². The van der Waals surface area contributed by atoms with Crippen molar-refractivity contribution in [1.82, 2.24) is 35.4 Å². The van der Waals surface area contributed by atoms with Gasteiger partial charge >= 0.3 is 12.1 Å². The fraction of sp³-hybridized carbons (Fsp3) is 0.857. The highest BCUT2D eigenvalue weighted by Crippen LogP contribution is 2.65. The van der Waals surface area contributed by atoms with E-state index >= 15 is 0 Å². The van der Waals surface area contributed by atoms with Crippen LogP contribution in [0.2, 0.25) is 0 Å². The lowest BCUT2D eigenvalue weighted by Gasteiger charge is -2.39. The van der Waals surface area contributed by atoms with Crippen molar-refractivity contribution in [3.05, 3.63) is 0 Å². The Balaban J connectivity index is 1.78. The third-order valence-corrected chi connectivity index (χ3v) is 12.2. The summed E-state index contributed by atoms with van der Waals surface area (Å²) in [6.45, 7) is 17.4. The van der Waals surface area contributed by atoms with Crippen LogP contribution >= 0.6 is 0 Å². The van der Waals surface area contributed by atoms with E-state index in [0.717, 1.165) is 10.6 Å². The number of nitrogens with one attached hydrogen (secondary N) is 4. The Morgan fingerprint density at radius 3 is 2.04 bits per heavy atom. The van der Waals surface area contributed by atoms with Crippen molar-refractivity contribution in [2.75, 3.05) is 46.1 Å². The van der Waals surface area contributed by atoms with Crippen LogP contribution in [0.1, 0.15) is 81.6 Å². The molecule has 53 heavy (non-hydrogen) atoms. The molecular weight excluding hydrogens is 716 g/mol. The molecule has 6 atom stereocenters. The molecule has 6 amide bonds. The molecule has 0 unspecified atom stereocenters. The van der Waals surface area contributed by atoms with Crippen LogP contribution in [-0.2, 0) is 29.1 Å². The lowest BCUT2D eigenvalue weighted by Crippen LogP contribution is -2.63. The molecule has 0 bridgehead atoms. The second-order valence-corrected chi connectivity index (χ2v) is 19.5. The van der Waals surface area contributed by atoms with Gasteiger partial charge in [-0.25, -0.2) is 31.1 Å². The first-order valence-electron chi connectivity index (χ1n) is 18.3. The normalized spacial score (nSPS) is 23.5. The smallest absolute Gasteiger partial charge is 0.409 e. The Morgan fingerprint density at radius 1 is 0.962 bits per heavy atom. The average molecular weight is 778 g/mol. The van der Waals surface area contributed by atoms with E-state index in [2.05, 4.69) is 21.3 Å². The van der Waals surface area contributed by atoms with E-state index in [9.17, 15) is 41.2 Å². The number of urea groups is 1. The van der Waals surface area contributed by atoms with Gasteiger partial charge in [0.2, 0.25) is 34.2 Å². The van der Waals surface area contributed by atoms with Gasteiger partial charge in [-0.15, -0.1) is 0 Å². The van der Waals surface area contributed by atoms with Gasteiger partial charge in [-0.05, 0) is 47.8 Å². The van der Waals surface area contributed by atoms with Crippen LogP contribution in [0.15, 0.2) is 0 Å². The highest BCUT2D eigenvalue weighted by Gasteiger charge is 2.70. The Morgan fingerprint density at radius 2 is 1.55 bits per heavy atom. The maximum absolute atomic E-state index is 14.4. The van der Waals surface area contributed by atoms with Crippen molar-refractivity contribution in [1.29, 1.82) is 0 Å². The van der Waals surface area contributed by atoms with Gasteiger partial charge in [0.1, 0.15) is 18.1 Å². The molecule has 18 heteroatoms. The third-order valence-electron chi connectivity index (χ3n) is 10.9. The number of nitrogens with zero attached hydrogens (tertiary/aromatic N) is 3. The first kappa shape index (κ1) is 44.1. The molecule has 3 rings (SSSR count). The van der Waals surface area contributed by atoms with E-state index < -0.39 is 93.8 Å². The van der Waals surface area contributed by atoms with Gasteiger partial charge < -0.3 is 35.8 Å². The predicted molar refractivity (Wildman–Crippen MR) is 194 cm³/mol. The summed E-state index contributed by atoms with van der Waals surface area (Å²) < 4.78 is 58.0. The molecule has 15 nitrogen and oxygen atoms in total. The standard InChI is InChI=1S/C35H61F2N7O8S/c1-12-52-32(49)43-15-13-20(14-16-43)38-28(45)22(17-24(36)37)39-29(46)26-25-21(35(25,8)9)18-44(26)30(47)27(34(5,6)7)41-31(48)40-23(33(2,3)4)19-42(10)53(11,50)51/h20-27H,12-19H2,1-11H3,(H,38,45)(H,39,46)(H2,40,41,48)/t21-,22-,23+,25-,26-,27+/m0/s1. The summed E-state index contributed by atoms with van der Waals surface area (Å²) >= 11 is 0. The lowest BCUT2D eigenvalue weighted by atomic mass is 9.85. The molecule has 3 fully saturated rings. The summed E-state index contributed by atoms with van der Waals surface area (Å²) in [7, 11) is -2.14. The van der Waals surface area contributed by atoms with Crippen molar-refractivity contribution < 1.29 is 45.9 Å². The topological polar surface area (TPSA) is 187 Å². The van der Waals surface area contributed by atoms with Gasteiger partial charge in [0.15, 0.2) is 0 Å². The molecule has 4 N–H and O–H groups in total. The van der Waals surface area contributed by atoms with E-state index in [4.69, 9.17) is 4.74 Å². The van der Waals surface area contributed by atoms with Crippen LogP contribution in [0.5, 0.6) is 0 Å². The van der Waals surface area contributed by atoms with Gasteiger partial charge in [0.25, 0.3) is 0 Å². The molecule has 0 spiro atoms. The Hall–Kier alpha value is -3.28. The van der Waals surface area contributed by atoms with Crippen molar-refractivity contribution in [2.24, 2.45) is 28.1 Å². The highest BCUT2D eigenvalue weighted by atomic mass is 32.2. The molecule has 0 radical (unpaired) electrons. The van der Waals surface area contributed by atoms with Crippen LogP contribution in [0.25, 0.3) is 0 Å². The number of ether oxygens (including phenoxy) is 1. The van der Waals surface area contributed by atoms with Crippen LogP contribution in [0.4, 0.5) is 18.4 Å². The van der Waals surface area contributed by atoms with E-state index in [1.807, 2.05) is 34.6 Å². The molecule has 2 aliphatic heterocycles. The lowest BCUT2D eigenvalue weighted by molar-refractivity contribution is -0.144. The van der Waals surface area contributed by atoms with Crippen LogP contribution in [0.3, 0.4) is 0 Å². The van der Waals surface area contributed by atoms with Crippen LogP contribution in [0, 0.1) is 28.1 Å². The number of sulfonamides is 1. The van der Waals surface area contributed by atoms with Crippen molar-refractivity contribution in [3.63, 3.8) is 0 Å². The summed E-state index contributed by atoms with van der Waals surface area (Å²) in [6, 6.07) is -5.54. The molecule has 1 aliphatic carbocycles. The molecule has 2 saturated heterocycles. The molecule has 0 aromatic carbocycles. The molecule has 304 valence electrons. The molecule has 1 saturated carbocycles. The Bertz CT molecular complexity index is 1470. The number of piperidine rings is 2. The predicted octanol–water partition coefficient (Wildman–Crippen LogP) is 2.37. The Kier molecular flexibility index (Phi) is 13.8. The van der Waals surface area contributed by atoms with Crippen molar-refractivity contribution in [3.8, 4) is 0 Å². The Labute approximate surface area is 313 Å². The minimum Gasteiger partial charge on any atom is -0.450 e. The van der Waals surface area contributed by atoms with E-state index in [1.165, 1.54) is 16.8 Å². The number of halogens is 2. The van der Waals surface area contributed by atoms with Gasteiger partial charge in [0, 0.05) is 51.7 Å². The molecule has 3 aliphatic rings. The number of fused-ring (bicyclic) bond motifs is 1. The fourth-order valence-electron chi connectivity index (χ4n) is 7.28. The molecule has 2 heterocycles. The molecule has 0 aromatic rings. The number of likely N-dealkylation sites (tertiary alicyclic amines) is 2. The zero-order valence-corrected chi connectivity index (χ0v) is 33.9. The number of alkyl halides is 2. The first-order valence-corrected chi connectivity index (χ1v) is 20.1. The van der Waals surface area contributed by atoms with Gasteiger partial charge in [-0.3, -0.25) is 14.4 Å². The van der Waals surface area contributed by atoms with E-state index in [-0.39, 0.29) is 36.9 Å². The number of hydrogen-bond acceptors (Lipinski definition) is 8. The maximum Gasteiger partial charge on any atom is 0.409 e. The quantitative estimate of drug-likeness (QED) is 0.220. The van der Waals surface area contributed by atoms with Gasteiger partial charge in [-0.2, -0.15) is 0 Å². The highest BCUT2D eigenvalue weighted by molar-refractivity contribution is 7.88. The summed E-state index contributed by atoms with van der Waals surface area (Å²) in [4.78, 5) is 70.2. The van der Waals surface area contributed by atoms with Gasteiger partial charge in [-0.1, -0.05) is 55.4 Å². The third kappa shape index (κ3) is 11.1. The summed E-state index contributed by atoms with van der Waals surface area (Å²) in [6.07, 6.45) is -2.49. The average Bonchev–Trinajstić information content (AvgIpc) is 3.32. The zero-order valence-electron chi connectivity index (χ0n) is 33.0. The van der Waals surface area contributed by atoms with Crippen LogP contribution in [-0.4, -0.2) is 135 Å². The minimum absolute atomic E-state index is 0.0170. The number of likely N-dealkylation sites (N-methyl/N-ethyl adjacent to an activating group) is 1. The van der Waals surface area contributed by atoms with Crippen molar-refractivity contribution in [2.45, 2.75) is 118 Å². The number of hydrogen-bond donors (Lipinski definition) is 4. The number of carbonyl (C=O) groups excluding carboxylic acids is 5. The van der Waals surface area contributed by atoms with Crippen molar-refractivity contribution >= 4 is 39.9 Å². The number of rotatable bonds is 13. The SMILES string of the molecule is CCOC(=O)N1CCC(NC(=O)[C@H](CC(F)F)NC(=O)[C@@H]2[C@@H]3[C@H](CN2C(=O)[C@@H](NC(=O)N[C@H](CN(C)S(C)(=O)=O)C(C)(C)C)C(C)(C)C)C3(C)C)CC1. The summed E-state index contributed by atoms with van der Waals surface area (Å²) in [5.41, 5.74) is -1.75. The second kappa shape index (κ2) is 16.6. The summed E-state index contributed by atoms with van der Waals surface area (Å²) in [5.74, 6) is -2.43. The number of carbonyl (C=O) groups is 5. The van der Waals surface area contributed by atoms with Crippen LogP contribution < -0.4 is 21.3 Å². The molecular formula is C35H61F2N7O8S. The fourth-order valence-corrected chi connectivity index (χ4v) is 7.70. The maximum atomic E-state index is 14.4. The zero-order chi connectivity index (χ0) is 40.4. The summed E-state index contributed by atoms with van der Waals surface area (Å²) in [5, 5.41) is 10.9. The monoisotopic (exact) mass is 777 g/mol. The largest absolute Gasteiger partial charge is 0.450 e. The minimum atomic E-state index is -3.55. The number of amides is 6. The second-order valence-electron chi connectivity index (χ2n) is 17.4. The van der Waals surface area contributed by atoms with Gasteiger partial charge in [0.05, 0.1) is 12.9 Å².